The Morgan fingerprint density at radius 1 is 1.11 bits per heavy atom. The smallest absolute Gasteiger partial charge is 0.0943 e. The van der Waals surface area contributed by atoms with E-state index in [1.165, 1.54) is 0 Å². The first-order valence-corrected chi connectivity index (χ1v) is 6.66. The second-order valence-electron chi connectivity index (χ2n) is 4.10. The molecule has 0 spiro atoms. The molecule has 100 valence electrons. The molecule has 0 saturated carbocycles. The lowest BCUT2D eigenvalue weighted by Crippen LogP contribution is -2.22. The summed E-state index contributed by atoms with van der Waals surface area (Å²) in [4.78, 5) is 4.19. The summed E-state index contributed by atoms with van der Waals surface area (Å²) in [7, 11) is 0. The van der Waals surface area contributed by atoms with E-state index in [9.17, 15) is 5.11 Å². The summed E-state index contributed by atoms with van der Waals surface area (Å²) in [6, 6.07) is 10.9. The summed E-state index contributed by atoms with van der Waals surface area (Å²) in [5.74, 6) is 0. The zero-order valence-electron chi connectivity index (χ0n) is 10.2. The molecule has 19 heavy (non-hydrogen) atoms. The molecule has 1 atom stereocenters. The van der Waals surface area contributed by atoms with Crippen LogP contribution >= 0.6 is 23.2 Å². The standard InChI is InChI=1S/C14H14Cl2N2O/c15-11-5-3-6-12(16)14(11)13(19)9-17-8-10-4-1-2-7-18-10/h1-7,13,17,19H,8-9H2. The molecule has 0 fully saturated rings. The first kappa shape index (κ1) is 14.3. The molecule has 0 bridgehead atoms. The van der Waals surface area contributed by atoms with Crippen LogP contribution in [0.5, 0.6) is 0 Å². The van der Waals surface area contributed by atoms with Gasteiger partial charge in [-0.25, -0.2) is 0 Å². The molecule has 2 aromatic rings. The van der Waals surface area contributed by atoms with Crippen molar-refractivity contribution in [1.82, 2.24) is 10.3 Å². The Hall–Kier alpha value is -1.13. The summed E-state index contributed by atoms with van der Waals surface area (Å²) in [5.41, 5.74) is 1.47. The number of nitrogens with one attached hydrogen (secondary N) is 1. The molecule has 2 N–H and O–H groups in total. The van der Waals surface area contributed by atoms with E-state index >= 15 is 0 Å². The Balaban J connectivity index is 1.93. The van der Waals surface area contributed by atoms with Gasteiger partial charge in [-0.05, 0) is 24.3 Å². The van der Waals surface area contributed by atoms with Crippen LogP contribution in [0.3, 0.4) is 0 Å². The van der Waals surface area contributed by atoms with Crippen LogP contribution < -0.4 is 5.32 Å². The molecule has 1 aromatic heterocycles. The highest BCUT2D eigenvalue weighted by Crippen LogP contribution is 2.29. The number of hydrogen-bond acceptors (Lipinski definition) is 3. The number of hydrogen-bond donors (Lipinski definition) is 2. The zero-order chi connectivity index (χ0) is 13.7. The second-order valence-corrected chi connectivity index (χ2v) is 4.92. The maximum atomic E-state index is 10.1. The van der Waals surface area contributed by atoms with E-state index in [2.05, 4.69) is 10.3 Å². The van der Waals surface area contributed by atoms with E-state index in [4.69, 9.17) is 23.2 Å². The molecule has 0 aliphatic carbocycles. The van der Waals surface area contributed by atoms with Gasteiger partial charge in [0, 0.05) is 34.9 Å². The Labute approximate surface area is 122 Å². The molecule has 1 heterocycles. The van der Waals surface area contributed by atoms with Crippen molar-refractivity contribution in [3.8, 4) is 0 Å². The number of pyridine rings is 1. The van der Waals surface area contributed by atoms with Gasteiger partial charge in [0.2, 0.25) is 0 Å². The Kier molecular flexibility index (Phi) is 5.16. The molecule has 0 saturated heterocycles. The highest BCUT2D eigenvalue weighted by molar-refractivity contribution is 6.36. The number of halogens is 2. The zero-order valence-corrected chi connectivity index (χ0v) is 11.7. The first-order chi connectivity index (χ1) is 9.18. The van der Waals surface area contributed by atoms with Crippen LogP contribution in [0.25, 0.3) is 0 Å². The van der Waals surface area contributed by atoms with Crippen LogP contribution in [-0.4, -0.2) is 16.6 Å². The van der Waals surface area contributed by atoms with E-state index in [0.29, 0.717) is 28.7 Å². The average molecular weight is 297 g/mol. The van der Waals surface area contributed by atoms with Crippen molar-refractivity contribution in [2.45, 2.75) is 12.6 Å². The number of aromatic nitrogens is 1. The summed E-state index contributed by atoms with van der Waals surface area (Å²) in [5, 5.41) is 14.2. The molecular formula is C14H14Cl2N2O. The van der Waals surface area contributed by atoms with Crippen molar-refractivity contribution in [2.75, 3.05) is 6.54 Å². The van der Waals surface area contributed by atoms with Crippen LogP contribution in [0.4, 0.5) is 0 Å². The van der Waals surface area contributed by atoms with Gasteiger partial charge in [0.05, 0.1) is 11.8 Å². The summed E-state index contributed by atoms with van der Waals surface area (Å²) in [6.45, 7) is 0.944. The largest absolute Gasteiger partial charge is 0.387 e. The van der Waals surface area contributed by atoms with Gasteiger partial charge in [0.25, 0.3) is 0 Å². The van der Waals surface area contributed by atoms with Gasteiger partial charge in [-0.15, -0.1) is 0 Å². The molecule has 1 aromatic carbocycles. The molecule has 0 amide bonds. The highest BCUT2D eigenvalue weighted by Gasteiger charge is 2.14. The van der Waals surface area contributed by atoms with Gasteiger partial charge in [-0.3, -0.25) is 4.98 Å². The molecule has 5 heteroatoms. The third-order valence-electron chi connectivity index (χ3n) is 2.70. The fourth-order valence-electron chi connectivity index (χ4n) is 1.77. The number of nitrogens with zero attached hydrogens (tertiary/aromatic N) is 1. The third kappa shape index (κ3) is 3.91. The molecule has 3 nitrogen and oxygen atoms in total. The highest BCUT2D eigenvalue weighted by atomic mass is 35.5. The number of rotatable bonds is 5. The number of benzene rings is 1. The fraction of sp³-hybridized carbons (Fsp3) is 0.214. The van der Waals surface area contributed by atoms with E-state index in [1.807, 2.05) is 18.2 Å². The van der Waals surface area contributed by atoms with Crippen molar-refractivity contribution in [3.63, 3.8) is 0 Å². The van der Waals surface area contributed by atoms with Crippen LogP contribution in [0.15, 0.2) is 42.6 Å². The van der Waals surface area contributed by atoms with Gasteiger partial charge < -0.3 is 10.4 Å². The topological polar surface area (TPSA) is 45.1 Å². The Morgan fingerprint density at radius 2 is 1.84 bits per heavy atom. The molecule has 1 unspecified atom stereocenters. The van der Waals surface area contributed by atoms with Crippen molar-refractivity contribution < 1.29 is 5.11 Å². The summed E-state index contributed by atoms with van der Waals surface area (Å²) < 4.78 is 0. The lowest BCUT2D eigenvalue weighted by Gasteiger charge is -2.15. The normalized spacial score (nSPS) is 12.4. The summed E-state index contributed by atoms with van der Waals surface area (Å²) >= 11 is 12.1. The van der Waals surface area contributed by atoms with Crippen LogP contribution in [-0.2, 0) is 6.54 Å². The van der Waals surface area contributed by atoms with E-state index < -0.39 is 6.10 Å². The van der Waals surface area contributed by atoms with Crippen LogP contribution in [0.2, 0.25) is 10.0 Å². The molecule has 0 radical (unpaired) electrons. The average Bonchev–Trinajstić information content (AvgIpc) is 2.40. The van der Waals surface area contributed by atoms with Gasteiger partial charge in [0.1, 0.15) is 0 Å². The predicted molar refractivity (Wildman–Crippen MR) is 77.4 cm³/mol. The predicted octanol–water partition coefficient (Wildman–Crippen LogP) is 3.21. The van der Waals surface area contributed by atoms with Crippen LogP contribution in [0, 0.1) is 0 Å². The minimum Gasteiger partial charge on any atom is -0.387 e. The number of aliphatic hydroxyl groups is 1. The fourth-order valence-corrected chi connectivity index (χ4v) is 2.42. The van der Waals surface area contributed by atoms with Gasteiger partial charge in [0.15, 0.2) is 0 Å². The molecule has 0 aliphatic heterocycles. The van der Waals surface area contributed by atoms with Crippen molar-refractivity contribution >= 4 is 23.2 Å². The third-order valence-corrected chi connectivity index (χ3v) is 3.36. The van der Waals surface area contributed by atoms with Crippen molar-refractivity contribution in [1.29, 1.82) is 0 Å². The Morgan fingerprint density at radius 3 is 2.47 bits per heavy atom. The van der Waals surface area contributed by atoms with Crippen molar-refractivity contribution in [3.05, 3.63) is 63.9 Å². The maximum absolute atomic E-state index is 10.1. The lowest BCUT2D eigenvalue weighted by molar-refractivity contribution is 0.174. The van der Waals surface area contributed by atoms with Crippen molar-refractivity contribution in [2.24, 2.45) is 0 Å². The van der Waals surface area contributed by atoms with E-state index in [-0.39, 0.29) is 0 Å². The van der Waals surface area contributed by atoms with Gasteiger partial charge in [-0.1, -0.05) is 35.3 Å². The van der Waals surface area contributed by atoms with Crippen LogP contribution in [0.1, 0.15) is 17.4 Å². The number of aliphatic hydroxyl groups excluding tert-OH is 1. The minimum absolute atomic E-state index is 0.361. The Bertz CT molecular complexity index is 514. The lowest BCUT2D eigenvalue weighted by atomic mass is 10.1. The van der Waals surface area contributed by atoms with E-state index in [1.54, 1.807) is 24.4 Å². The van der Waals surface area contributed by atoms with Gasteiger partial charge in [-0.2, -0.15) is 0 Å². The quantitative estimate of drug-likeness (QED) is 0.890. The second kappa shape index (κ2) is 6.87. The summed E-state index contributed by atoms with van der Waals surface area (Å²) in [6.07, 6.45) is 0.989. The minimum atomic E-state index is -0.745. The monoisotopic (exact) mass is 296 g/mol. The molecule has 0 aliphatic rings. The SMILES string of the molecule is OC(CNCc1ccccn1)c1c(Cl)cccc1Cl. The molecular weight excluding hydrogens is 283 g/mol. The molecule has 2 rings (SSSR count). The van der Waals surface area contributed by atoms with E-state index in [0.717, 1.165) is 5.69 Å². The maximum Gasteiger partial charge on any atom is 0.0943 e. The first-order valence-electron chi connectivity index (χ1n) is 5.91. The van der Waals surface area contributed by atoms with Gasteiger partial charge >= 0.3 is 0 Å².